The average molecular weight is 747 g/mol. The molecule has 10 aromatic carbocycles. The van der Waals surface area contributed by atoms with E-state index in [4.69, 9.17) is 0 Å². The number of fused-ring (bicyclic) bond motifs is 9. The van der Waals surface area contributed by atoms with Crippen molar-refractivity contribution in [1.82, 2.24) is 0 Å². The van der Waals surface area contributed by atoms with E-state index in [0.29, 0.717) is 0 Å². The van der Waals surface area contributed by atoms with Crippen molar-refractivity contribution in [3.8, 4) is 100 Å². The Labute approximate surface area is 344 Å². The minimum absolute atomic E-state index is 0.124. The highest BCUT2D eigenvalue weighted by Crippen LogP contribution is 2.53. The fraction of sp³-hybridized carbons (Fsp3) is 0.0508. The zero-order chi connectivity index (χ0) is 39.0. The molecule has 0 spiro atoms. The maximum atomic E-state index is 2.44. The Balaban J connectivity index is 0.801. The van der Waals surface area contributed by atoms with Gasteiger partial charge < -0.3 is 0 Å². The van der Waals surface area contributed by atoms with Crippen molar-refractivity contribution in [2.24, 2.45) is 0 Å². The van der Waals surface area contributed by atoms with Gasteiger partial charge in [-0.2, -0.15) is 0 Å². The van der Waals surface area contributed by atoms with Gasteiger partial charge in [-0.25, -0.2) is 0 Å². The third kappa shape index (κ3) is 4.55. The van der Waals surface area contributed by atoms with Gasteiger partial charge in [0.1, 0.15) is 0 Å². The Morgan fingerprint density at radius 3 is 0.949 bits per heavy atom. The highest BCUT2D eigenvalue weighted by atomic mass is 14.4. The number of hydrogen-bond donors (Lipinski definition) is 0. The minimum Gasteiger partial charge on any atom is -0.0616 e. The molecule has 0 saturated carbocycles. The molecule has 0 bridgehead atoms. The third-order valence-electron chi connectivity index (χ3n) is 13.8. The number of rotatable bonds is 4. The van der Waals surface area contributed by atoms with Crippen molar-refractivity contribution in [1.29, 1.82) is 0 Å². The van der Waals surface area contributed by atoms with Crippen molar-refractivity contribution in [3.63, 3.8) is 0 Å². The van der Waals surface area contributed by atoms with Gasteiger partial charge in [-0.3, -0.25) is 0 Å². The summed E-state index contributed by atoms with van der Waals surface area (Å²) in [5.41, 5.74) is 26.1. The quantitative estimate of drug-likeness (QED) is 0.168. The molecule has 10 aromatic rings. The fourth-order valence-corrected chi connectivity index (χ4v) is 10.9. The molecule has 0 nitrogen and oxygen atoms in total. The first-order valence-corrected chi connectivity index (χ1v) is 20.8. The van der Waals surface area contributed by atoms with Crippen LogP contribution in [-0.2, 0) is 5.41 Å². The predicted molar refractivity (Wildman–Crippen MR) is 250 cm³/mol. The second kappa shape index (κ2) is 11.9. The standard InChI is InChI=1S/C59H38/c1-59(2)55-33-39(35-17-21-37(22-18-35)41-29-31-53-45-11-5-3-9-43(45)51-15-7-13-49(41)57(51)53)25-27-47(55)48-28-26-40(34-56(48)59)36-19-23-38(24-20-36)42-30-32-54-46-12-6-4-10-44(46)52-16-8-14-50(42)58(52)54/h3-34H,1-2H3. The van der Waals surface area contributed by atoms with Crippen LogP contribution in [-0.4, -0.2) is 0 Å². The van der Waals surface area contributed by atoms with Crippen LogP contribution in [0.5, 0.6) is 0 Å². The maximum Gasteiger partial charge on any atom is 0.0159 e. The monoisotopic (exact) mass is 746 g/mol. The second-order valence-corrected chi connectivity index (χ2v) is 17.2. The van der Waals surface area contributed by atoms with E-state index >= 15 is 0 Å². The molecule has 0 N–H and O–H groups in total. The van der Waals surface area contributed by atoms with E-state index in [1.165, 1.54) is 133 Å². The van der Waals surface area contributed by atoms with E-state index < -0.39 is 0 Å². The summed E-state index contributed by atoms with van der Waals surface area (Å²) in [4.78, 5) is 0. The summed E-state index contributed by atoms with van der Waals surface area (Å²) in [6, 6.07) is 73.0. The molecule has 13 rings (SSSR count). The summed E-state index contributed by atoms with van der Waals surface area (Å²) in [5, 5.41) is 5.38. The summed E-state index contributed by atoms with van der Waals surface area (Å²) in [5.74, 6) is 0. The second-order valence-electron chi connectivity index (χ2n) is 17.2. The van der Waals surface area contributed by atoms with Crippen LogP contribution in [0.2, 0.25) is 0 Å². The van der Waals surface area contributed by atoms with Crippen LogP contribution in [0, 0.1) is 0 Å². The van der Waals surface area contributed by atoms with Crippen molar-refractivity contribution in [2.75, 3.05) is 0 Å². The molecule has 0 heteroatoms. The molecule has 0 amide bonds. The van der Waals surface area contributed by atoms with Gasteiger partial charge in [-0.15, -0.1) is 0 Å². The van der Waals surface area contributed by atoms with E-state index in [1.807, 2.05) is 0 Å². The zero-order valence-corrected chi connectivity index (χ0v) is 33.0. The van der Waals surface area contributed by atoms with Gasteiger partial charge >= 0.3 is 0 Å². The lowest BCUT2D eigenvalue weighted by atomic mass is 9.80. The number of hydrogen-bond acceptors (Lipinski definition) is 0. The first-order valence-electron chi connectivity index (χ1n) is 20.8. The first kappa shape index (κ1) is 32.8. The van der Waals surface area contributed by atoms with Gasteiger partial charge in [-0.1, -0.05) is 196 Å². The number of benzene rings is 10. The third-order valence-corrected chi connectivity index (χ3v) is 13.8. The fourth-order valence-electron chi connectivity index (χ4n) is 10.9. The normalized spacial score (nSPS) is 13.4. The Bertz CT molecular complexity index is 3140. The molecule has 3 aliphatic carbocycles. The molecular weight excluding hydrogens is 709 g/mol. The van der Waals surface area contributed by atoms with Crippen LogP contribution in [0.15, 0.2) is 194 Å². The molecule has 59 heavy (non-hydrogen) atoms. The Kier molecular flexibility index (Phi) is 6.60. The van der Waals surface area contributed by atoms with Crippen LogP contribution < -0.4 is 0 Å². The highest BCUT2D eigenvalue weighted by molar-refractivity contribution is 6.20. The van der Waals surface area contributed by atoms with E-state index in [0.717, 1.165) is 0 Å². The van der Waals surface area contributed by atoms with Gasteiger partial charge in [-0.05, 0) is 145 Å². The van der Waals surface area contributed by atoms with Gasteiger partial charge in [0.25, 0.3) is 0 Å². The van der Waals surface area contributed by atoms with Crippen molar-refractivity contribution >= 4 is 21.5 Å². The lowest BCUT2D eigenvalue weighted by Crippen LogP contribution is -2.15. The SMILES string of the molecule is CC1(C)c2cc(-c3ccc(-c4ccc5c6c(cccc46)-c4ccccc4-5)cc3)ccc2-c2ccc(-c3ccc(-c4ccc5c6c(cccc46)-c4ccccc4-5)cc3)cc21. The molecule has 0 fully saturated rings. The van der Waals surface area contributed by atoms with E-state index in [2.05, 4.69) is 208 Å². The molecule has 0 aliphatic heterocycles. The van der Waals surface area contributed by atoms with E-state index in [1.54, 1.807) is 0 Å². The molecule has 3 aliphatic rings. The van der Waals surface area contributed by atoms with Gasteiger partial charge in [0.05, 0.1) is 0 Å². The summed E-state index contributed by atoms with van der Waals surface area (Å²) in [6.07, 6.45) is 0. The summed E-state index contributed by atoms with van der Waals surface area (Å²) >= 11 is 0. The van der Waals surface area contributed by atoms with E-state index in [9.17, 15) is 0 Å². The maximum absolute atomic E-state index is 2.44. The van der Waals surface area contributed by atoms with Crippen LogP contribution >= 0.6 is 0 Å². The Morgan fingerprint density at radius 1 is 0.237 bits per heavy atom. The summed E-state index contributed by atoms with van der Waals surface area (Å²) < 4.78 is 0. The topological polar surface area (TPSA) is 0 Å². The molecule has 0 unspecified atom stereocenters. The average Bonchev–Trinajstić information content (AvgIpc) is 3.88. The Hall–Kier alpha value is -7.28. The van der Waals surface area contributed by atoms with Crippen LogP contribution in [0.3, 0.4) is 0 Å². The summed E-state index contributed by atoms with van der Waals surface area (Å²) in [6.45, 7) is 4.78. The van der Waals surface area contributed by atoms with Crippen molar-refractivity contribution < 1.29 is 0 Å². The van der Waals surface area contributed by atoms with Gasteiger partial charge in [0.15, 0.2) is 0 Å². The lowest BCUT2D eigenvalue weighted by molar-refractivity contribution is 0.661. The minimum atomic E-state index is -0.124. The van der Waals surface area contributed by atoms with Crippen LogP contribution in [0.4, 0.5) is 0 Å². The molecule has 0 aromatic heterocycles. The summed E-state index contributed by atoms with van der Waals surface area (Å²) in [7, 11) is 0. The van der Waals surface area contributed by atoms with Crippen molar-refractivity contribution in [2.45, 2.75) is 19.3 Å². The Morgan fingerprint density at radius 2 is 0.542 bits per heavy atom. The smallest absolute Gasteiger partial charge is 0.0159 e. The molecule has 0 saturated heterocycles. The van der Waals surface area contributed by atoms with E-state index in [-0.39, 0.29) is 5.41 Å². The lowest BCUT2D eigenvalue weighted by Gasteiger charge is -2.22. The van der Waals surface area contributed by atoms with Crippen LogP contribution in [0.25, 0.3) is 122 Å². The van der Waals surface area contributed by atoms with Gasteiger partial charge in [0.2, 0.25) is 0 Å². The van der Waals surface area contributed by atoms with Crippen molar-refractivity contribution in [3.05, 3.63) is 205 Å². The first-order chi connectivity index (χ1) is 29.0. The molecular formula is C59H38. The largest absolute Gasteiger partial charge is 0.0616 e. The molecule has 274 valence electrons. The van der Waals surface area contributed by atoms with Crippen LogP contribution in [0.1, 0.15) is 25.0 Å². The molecule has 0 heterocycles. The zero-order valence-electron chi connectivity index (χ0n) is 33.0. The predicted octanol–water partition coefficient (Wildman–Crippen LogP) is 16.3. The highest BCUT2D eigenvalue weighted by Gasteiger charge is 2.36. The molecule has 0 atom stereocenters. The van der Waals surface area contributed by atoms with Gasteiger partial charge in [0, 0.05) is 5.41 Å². The molecule has 0 radical (unpaired) electrons.